The van der Waals surface area contributed by atoms with E-state index in [0.29, 0.717) is 41.4 Å². The number of amides is 1. The Labute approximate surface area is 340 Å². The van der Waals surface area contributed by atoms with Gasteiger partial charge in [0.2, 0.25) is 5.91 Å². The summed E-state index contributed by atoms with van der Waals surface area (Å²) < 4.78 is 108. The first kappa shape index (κ1) is 46.6. The molecule has 12 nitrogen and oxygen atoms in total. The number of alkyl halides is 9. The van der Waals surface area contributed by atoms with E-state index in [1.807, 2.05) is 36.2 Å². The van der Waals surface area contributed by atoms with Gasteiger partial charge in [-0.25, -0.2) is 19.6 Å². The van der Waals surface area contributed by atoms with Gasteiger partial charge in [-0.05, 0) is 60.9 Å². The van der Waals surface area contributed by atoms with Gasteiger partial charge in [-0.2, -0.15) is 39.5 Å². The minimum atomic E-state index is -5.08. The second-order valence-corrected chi connectivity index (χ2v) is 13.3. The number of anilines is 3. The van der Waals surface area contributed by atoms with Crippen LogP contribution in [0.5, 0.6) is 11.5 Å². The third kappa shape index (κ3) is 13.5. The number of carboxylic acids is 2. The molecular weight excluding hydrogens is 843 g/mol. The predicted octanol–water partition coefficient (Wildman–Crippen LogP) is 8.88. The molecule has 1 amide bonds. The first-order valence-corrected chi connectivity index (χ1v) is 17.8. The third-order valence-corrected chi connectivity index (χ3v) is 8.89. The van der Waals surface area contributed by atoms with Crippen molar-refractivity contribution in [3.05, 3.63) is 106 Å². The normalized spacial score (nSPS) is 15.3. The van der Waals surface area contributed by atoms with E-state index in [1.54, 1.807) is 18.2 Å². The SMILES string of the molecule is CN(C(=O)C1=Cc2c(ncnc2Nc2ccc(Oc3cccc(C(F)(F)F)c3)c(Cl)c2)NCC1)C1CCN(Cc2ccccc2)C1.O=C(O)C(F)(F)F.O=C(O)C(F)(F)F. The highest BCUT2D eigenvalue weighted by Gasteiger charge is 2.39. The summed E-state index contributed by atoms with van der Waals surface area (Å²) in [5.74, 6) is -4.29. The molecule has 0 saturated carbocycles. The molecule has 1 aromatic heterocycles. The molecule has 60 heavy (non-hydrogen) atoms. The number of aromatic nitrogens is 2. The quantitative estimate of drug-likeness (QED) is 0.125. The van der Waals surface area contributed by atoms with Crippen molar-refractivity contribution in [3.8, 4) is 11.5 Å². The van der Waals surface area contributed by atoms with Crippen molar-refractivity contribution >= 4 is 52.8 Å². The van der Waals surface area contributed by atoms with Gasteiger partial charge in [0.05, 0.1) is 16.1 Å². The second kappa shape index (κ2) is 19.8. The van der Waals surface area contributed by atoms with Gasteiger partial charge < -0.3 is 30.5 Å². The Morgan fingerprint density at radius 2 is 1.57 bits per heavy atom. The predicted molar refractivity (Wildman–Crippen MR) is 200 cm³/mol. The van der Waals surface area contributed by atoms with Crippen LogP contribution in [0.1, 0.15) is 29.5 Å². The smallest absolute Gasteiger partial charge is 0.475 e. The van der Waals surface area contributed by atoms with Gasteiger partial charge in [-0.1, -0.05) is 48.0 Å². The number of nitrogens with zero attached hydrogens (tertiary/aromatic N) is 4. The number of likely N-dealkylation sites (tertiary alicyclic amines) is 1. The van der Waals surface area contributed by atoms with Crippen LogP contribution in [0.2, 0.25) is 5.02 Å². The summed E-state index contributed by atoms with van der Waals surface area (Å²) in [6.45, 7) is 3.12. The number of hydrogen-bond donors (Lipinski definition) is 4. The Hall–Kier alpha value is -6.09. The van der Waals surface area contributed by atoms with Crippen LogP contribution in [0.25, 0.3) is 6.08 Å². The standard InChI is InChI=1S/C34H32ClF3N6O2.2C2HF3O2/c1-43(26-13-15-44(20-26)19-22-6-3-2-4-7-22)33(45)23-12-14-39-31-28(16-23)32(41-21-40-31)42-25-10-11-30(29(35)18-25)46-27-9-5-8-24(17-27)34(36,37)38;2*3-2(4,5)1(6)7/h2-11,16-18,21,26H,12-15,19-20H2,1H3,(H2,39,40,41,42);2*(H,6,7). The Balaban J connectivity index is 0.000000488. The van der Waals surface area contributed by atoms with Crippen molar-refractivity contribution in [2.45, 2.75) is 44.0 Å². The zero-order valence-corrected chi connectivity index (χ0v) is 31.8. The van der Waals surface area contributed by atoms with E-state index in [0.717, 1.165) is 38.2 Å². The lowest BCUT2D eigenvalue weighted by atomic mass is 10.1. The number of rotatable bonds is 8. The number of ether oxygens (including phenoxy) is 1. The van der Waals surface area contributed by atoms with Crippen LogP contribution in [-0.4, -0.2) is 92.9 Å². The lowest BCUT2D eigenvalue weighted by Crippen LogP contribution is -2.39. The largest absolute Gasteiger partial charge is 0.490 e. The van der Waals surface area contributed by atoms with Gasteiger partial charge >= 0.3 is 30.5 Å². The summed E-state index contributed by atoms with van der Waals surface area (Å²) in [6, 6.07) is 19.9. The van der Waals surface area contributed by atoms with Crippen LogP contribution < -0.4 is 15.4 Å². The lowest BCUT2D eigenvalue weighted by molar-refractivity contribution is -0.193. The van der Waals surface area contributed by atoms with Crippen molar-refractivity contribution in [3.63, 3.8) is 0 Å². The second-order valence-electron chi connectivity index (χ2n) is 12.9. The summed E-state index contributed by atoms with van der Waals surface area (Å²) in [4.78, 5) is 44.6. The first-order chi connectivity index (χ1) is 28.0. The molecule has 6 rings (SSSR count). The Bertz CT molecular complexity index is 2150. The molecule has 0 bridgehead atoms. The molecule has 2 aliphatic heterocycles. The summed E-state index contributed by atoms with van der Waals surface area (Å²) in [6.07, 6.45) is -9.97. The lowest BCUT2D eigenvalue weighted by Gasteiger charge is -2.26. The molecule has 22 heteroatoms. The maximum Gasteiger partial charge on any atom is 0.490 e. The van der Waals surface area contributed by atoms with Gasteiger partial charge in [-0.3, -0.25) is 9.69 Å². The topological polar surface area (TPSA) is 157 Å². The van der Waals surface area contributed by atoms with E-state index in [4.69, 9.17) is 36.1 Å². The molecular formula is C38H34ClF9N6O6. The van der Waals surface area contributed by atoms with E-state index in [1.165, 1.54) is 24.0 Å². The number of nitrogens with one attached hydrogen (secondary N) is 2. The molecule has 0 radical (unpaired) electrons. The third-order valence-electron chi connectivity index (χ3n) is 8.60. The fourth-order valence-corrected chi connectivity index (χ4v) is 5.89. The maximum absolute atomic E-state index is 13.7. The Kier molecular flexibility index (Phi) is 15.4. The molecule has 1 fully saturated rings. The Morgan fingerprint density at radius 3 is 2.17 bits per heavy atom. The average molecular weight is 877 g/mol. The molecule has 0 aliphatic carbocycles. The van der Waals surface area contributed by atoms with Gasteiger partial charge in [0.1, 0.15) is 29.5 Å². The molecule has 0 spiro atoms. The van der Waals surface area contributed by atoms with Gasteiger partial charge in [0.25, 0.3) is 0 Å². The summed E-state index contributed by atoms with van der Waals surface area (Å²) in [7, 11) is 1.87. The molecule has 1 unspecified atom stereocenters. The average Bonchev–Trinajstić information content (AvgIpc) is 3.52. The van der Waals surface area contributed by atoms with Crippen molar-refractivity contribution in [2.24, 2.45) is 0 Å². The summed E-state index contributed by atoms with van der Waals surface area (Å²) >= 11 is 6.46. The number of halogens is 10. The number of benzene rings is 3. The fraction of sp³-hybridized carbons (Fsp3) is 0.289. The monoisotopic (exact) mass is 876 g/mol. The number of hydrogen-bond acceptors (Lipinski definition) is 9. The number of carbonyl (C=O) groups excluding carboxylic acids is 1. The van der Waals surface area contributed by atoms with Gasteiger partial charge in [0.15, 0.2) is 0 Å². The highest BCUT2D eigenvalue weighted by molar-refractivity contribution is 6.32. The number of fused-ring (bicyclic) bond motifs is 1. The van der Waals surface area contributed by atoms with Crippen molar-refractivity contribution in [2.75, 3.05) is 37.3 Å². The fourth-order valence-electron chi connectivity index (χ4n) is 5.67. The minimum Gasteiger partial charge on any atom is -0.475 e. The van der Waals surface area contributed by atoms with Crippen LogP contribution in [0, 0.1) is 0 Å². The number of likely N-dealkylation sites (N-methyl/N-ethyl adjacent to an activating group) is 1. The summed E-state index contributed by atoms with van der Waals surface area (Å²) in [5, 5.41) is 21.0. The van der Waals surface area contributed by atoms with Crippen LogP contribution in [0.15, 0.2) is 84.7 Å². The first-order valence-electron chi connectivity index (χ1n) is 17.4. The van der Waals surface area contributed by atoms with Crippen molar-refractivity contribution in [1.29, 1.82) is 0 Å². The van der Waals surface area contributed by atoms with E-state index in [9.17, 15) is 44.3 Å². The van der Waals surface area contributed by atoms with E-state index >= 15 is 0 Å². The highest BCUT2D eigenvalue weighted by Crippen LogP contribution is 2.37. The van der Waals surface area contributed by atoms with Gasteiger partial charge in [0, 0.05) is 50.5 Å². The maximum atomic E-state index is 13.7. The summed E-state index contributed by atoms with van der Waals surface area (Å²) in [5.41, 5.74) is 2.29. The number of carbonyl (C=O) groups is 3. The van der Waals surface area contributed by atoms with Gasteiger partial charge in [-0.15, -0.1) is 0 Å². The zero-order valence-electron chi connectivity index (χ0n) is 31.0. The van der Waals surface area contributed by atoms with E-state index < -0.39 is 36.0 Å². The van der Waals surface area contributed by atoms with Crippen LogP contribution in [-0.2, 0) is 27.1 Å². The highest BCUT2D eigenvalue weighted by atomic mass is 35.5. The van der Waals surface area contributed by atoms with Crippen molar-refractivity contribution < 1.29 is 68.8 Å². The molecule has 4 aromatic rings. The molecule has 3 aromatic carbocycles. The molecule has 1 atom stereocenters. The zero-order chi connectivity index (χ0) is 44.4. The number of carboxylic acid groups (broad SMARTS) is 2. The van der Waals surface area contributed by atoms with Crippen molar-refractivity contribution in [1.82, 2.24) is 19.8 Å². The molecule has 4 N–H and O–H groups in total. The molecule has 3 heterocycles. The molecule has 2 aliphatic rings. The molecule has 1 saturated heterocycles. The van der Waals surface area contributed by atoms with E-state index in [2.05, 4.69) is 37.6 Å². The van der Waals surface area contributed by atoms with Crippen LogP contribution in [0.4, 0.5) is 56.8 Å². The minimum absolute atomic E-state index is 0.0124. The van der Waals surface area contributed by atoms with E-state index in [-0.39, 0.29) is 28.5 Å². The Morgan fingerprint density at radius 1 is 0.917 bits per heavy atom. The van der Waals surface area contributed by atoms with Crippen LogP contribution >= 0.6 is 11.6 Å². The number of aliphatic carboxylic acids is 2. The van der Waals surface area contributed by atoms with Crippen LogP contribution in [0.3, 0.4) is 0 Å². The molecule has 322 valence electrons.